The Bertz CT molecular complexity index is 2000. The summed E-state index contributed by atoms with van der Waals surface area (Å²) in [6.45, 7) is 13.0. The van der Waals surface area contributed by atoms with Gasteiger partial charge in [0.1, 0.15) is 5.75 Å². The van der Waals surface area contributed by atoms with E-state index in [2.05, 4.69) is 100 Å². The molecule has 240 valence electrons. The summed E-state index contributed by atoms with van der Waals surface area (Å²) >= 11 is 1.57. The fourth-order valence-electron chi connectivity index (χ4n) is 5.40. The predicted octanol–water partition coefficient (Wildman–Crippen LogP) is 10.8. The molecule has 0 spiro atoms. The van der Waals surface area contributed by atoms with E-state index in [-0.39, 0.29) is 37.6 Å². The summed E-state index contributed by atoms with van der Waals surface area (Å²) in [6, 6.07) is 36.6. The summed E-state index contributed by atoms with van der Waals surface area (Å²) in [4.78, 5) is 14.9. The normalized spacial score (nSPS) is 11.6. The van der Waals surface area contributed by atoms with Gasteiger partial charge in [-0.1, -0.05) is 101 Å². The molecular weight excluding hydrogens is 778 g/mol. The monoisotopic (exact) mass is 815 g/mol. The summed E-state index contributed by atoms with van der Waals surface area (Å²) in [5.74, 6) is 0.276. The number of phenolic OH excluding ortho intramolecular Hbond substituents is 1. The number of pyridine rings is 3. The van der Waals surface area contributed by atoms with Gasteiger partial charge < -0.3 is 5.11 Å². The van der Waals surface area contributed by atoms with Crippen molar-refractivity contribution in [3.05, 3.63) is 133 Å². The van der Waals surface area contributed by atoms with Crippen molar-refractivity contribution in [3.63, 3.8) is 0 Å². The fraction of sp³-hybridized carbons (Fsp3) is 0.195. The minimum Gasteiger partial charge on any atom is -0.507 e. The summed E-state index contributed by atoms with van der Waals surface area (Å²) in [5.41, 5.74) is 9.13. The van der Waals surface area contributed by atoms with Crippen LogP contribution in [-0.4, -0.2) is 20.1 Å². The van der Waals surface area contributed by atoms with Crippen LogP contribution in [0.2, 0.25) is 0 Å². The van der Waals surface area contributed by atoms with E-state index in [1.54, 1.807) is 24.2 Å². The average Bonchev–Trinajstić information content (AvgIpc) is 3.04. The second kappa shape index (κ2) is 14.0. The van der Waals surface area contributed by atoms with Gasteiger partial charge in [0, 0.05) is 50.8 Å². The molecular formula is C41H38N3OPtS-. The molecule has 3 heterocycles. The minimum absolute atomic E-state index is 0. The molecule has 0 saturated carbocycles. The Morgan fingerprint density at radius 1 is 0.638 bits per heavy atom. The Kier molecular flexibility index (Phi) is 10.2. The minimum atomic E-state index is -0.248. The first kappa shape index (κ1) is 34.3. The van der Waals surface area contributed by atoms with E-state index in [0.29, 0.717) is 0 Å². The third-order valence-electron chi connectivity index (χ3n) is 8.00. The zero-order valence-electron chi connectivity index (χ0n) is 27.5. The van der Waals surface area contributed by atoms with Crippen molar-refractivity contribution in [2.45, 2.75) is 62.3 Å². The molecule has 0 amide bonds. The third-order valence-corrected chi connectivity index (χ3v) is 8.89. The van der Waals surface area contributed by atoms with Crippen molar-refractivity contribution in [2.24, 2.45) is 0 Å². The average molecular weight is 816 g/mol. The van der Waals surface area contributed by atoms with E-state index in [4.69, 9.17) is 4.98 Å². The first-order chi connectivity index (χ1) is 22.0. The SMILES string of the molecule is CC(C)(C)c1cc(-c2cc(-c3ccccc3)cc(-c3[c-]c(Sc4cc(-c5ccncc5)ccn4)ccc3)n2)c(O)c(C(C)(C)C)c1.[Pt]. The first-order valence-corrected chi connectivity index (χ1v) is 16.3. The zero-order valence-corrected chi connectivity index (χ0v) is 30.6. The van der Waals surface area contributed by atoms with Gasteiger partial charge in [-0.15, -0.1) is 29.8 Å². The molecule has 6 heteroatoms. The molecule has 0 aliphatic carbocycles. The van der Waals surface area contributed by atoms with E-state index in [1.165, 1.54) is 0 Å². The molecule has 4 nitrogen and oxygen atoms in total. The number of phenols is 1. The zero-order chi connectivity index (χ0) is 32.5. The molecule has 3 aromatic heterocycles. The van der Waals surface area contributed by atoms with E-state index >= 15 is 0 Å². The third kappa shape index (κ3) is 7.92. The van der Waals surface area contributed by atoms with Crippen LogP contribution in [0.3, 0.4) is 0 Å². The maximum Gasteiger partial charge on any atom is 0.128 e. The number of aromatic nitrogens is 3. The van der Waals surface area contributed by atoms with Crippen molar-refractivity contribution in [1.82, 2.24) is 15.0 Å². The van der Waals surface area contributed by atoms with Crippen molar-refractivity contribution in [3.8, 4) is 50.5 Å². The summed E-state index contributed by atoms with van der Waals surface area (Å²) in [5, 5.41) is 12.6. The fourth-order valence-corrected chi connectivity index (χ4v) is 6.23. The smallest absolute Gasteiger partial charge is 0.128 e. The number of nitrogens with zero attached hydrogens (tertiary/aromatic N) is 3. The van der Waals surface area contributed by atoms with Crippen LogP contribution < -0.4 is 0 Å². The molecule has 0 radical (unpaired) electrons. The van der Waals surface area contributed by atoms with Gasteiger partial charge in [-0.3, -0.25) is 9.97 Å². The number of hydrogen-bond donors (Lipinski definition) is 1. The van der Waals surface area contributed by atoms with Crippen LogP contribution in [0, 0.1) is 6.07 Å². The van der Waals surface area contributed by atoms with Crippen molar-refractivity contribution in [1.29, 1.82) is 0 Å². The number of aromatic hydroxyl groups is 1. The summed E-state index contributed by atoms with van der Waals surface area (Å²) in [7, 11) is 0. The Hall–Kier alpha value is -4.05. The van der Waals surface area contributed by atoms with Crippen molar-refractivity contribution >= 4 is 11.8 Å². The Morgan fingerprint density at radius 2 is 1.32 bits per heavy atom. The molecule has 0 bridgehead atoms. The molecule has 3 aromatic carbocycles. The number of hydrogen-bond acceptors (Lipinski definition) is 5. The Balaban J connectivity index is 0.00000433. The van der Waals surface area contributed by atoms with Gasteiger partial charge in [-0.25, -0.2) is 4.98 Å². The van der Waals surface area contributed by atoms with E-state index in [0.717, 1.165) is 65.8 Å². The molecule has 1 N–H and O–H groups in total. The van der Waals surface area contributed by atoms with Gasteiger partial charge in [0.15, 0.2) is 0 Å². The molecule has 0 unspecified atom stereocenters. The number of benzene rings is 3. The van der Waals surface area contributed by atoms with Crippen LogP contribution in [-0.2, 0) is 31.9 Å². The topological polar surface area (TPSA) is 58.9 Å². The van der Waals surface area contributed by atoms with Crippen LogP contribution in [0.5, 0.6) is 5.75 Å². The van der Waals surface area contributed by atoms with Gasteiger partial charge in [-0.05, 0) is 80.7 Å². The molecule has 0 atom stereocenters. The van der Waals surface area contributed by atoms with Gasteiger partial charge in [-0.2, -0.15) is 0 Å². The van der Waals surface area contributed by atoms with E-state index < -0.39 is 0 Å². The molecule has 0 saturated heterocycles. The van der Waals surface area contributed by atoms with Gasteiger partial charge in [0.25, 0.3) is 0 Å². The van der Waals surface area contributed by atoms with Gasteiger partial charge in [0.05, 0.1) is 10.7 Å². The van der Waals surface area contributed by atoms with Gasteiger partial charge >= 0.3 is 0 Å². The summed E-state index contributed by atoms with van der Waals surface area (Å²) in [6.07, 6.45) is 5.44. The largest absolute Gasteiger partial charge is 0.507 e. The molecule has 0 aliphatic rings. The van der Waals surface area contributed by atoms with Crippen molar-refractivity contribution in [2.75, 3.05) is 0 Å². The van der Waals surface area contributed by atoms with Gasteiger partial charge in [0.2, 0.25) is 0 Å². The van der Waals surface area contributed by atoms with E-state index in [1.807, 2.05) is 60.8 Å². The molecule has 6 aromatic rings. The molecule has 6 rings (SSSR count). The first-order valence-electron chi connectivity index (χ1n) is 15.5. The molecule has 0 aliphatic heterocycles. The van der Waals surface area contributed by atoms with E-state index in [9.17, 15) is 5.11 Å². The maximum absolute atomic E-state index is 11.7. The number of rotatable bonds is 6. The standard InChI is InChI=1S/C41H38N3OS.Pt/c1-40(2,3)32-25-34(39(45)35(26-32)41(4,5)6)37-23-31(27-11-8-7-9-12-27)22-36(44-37)30-13-10-14-33(21-30)46-38-24-29(17-20-43-38)28-15-18-42-19-16-28;/h7-20,22-26,45H,1-6H3;/q-1;. The van der Waals surface area contributed by atoms with Crippen LogP contribution in [0.4, 0.5) is 0 Å². The van der Waals surface area contributed by atoms with Crippen LogP contribution in [0.15, 0.2) is 126 Å². The van der Waals surface area contributed by atoms with Crippen LogP contribution in [0.1, 0.15) is 52.7 Å². The van der Waals surface area contributed by atoms with Crippen molar-refractivity contribution < 1.29 is 26.2 Å². The summed E-state index contributed by atoms with van der Waals surface area (Å²) < 4.78 is 0. The van der Waals surface area contributed by atoms with Crippen LogP contribution >= 0.6 is 11.8 Å². The molecule has 47 heavy (non-hydrogen) atoms. The quantitative estimate of drug-likeness (QED) is 0.170. The molecule has 0 fully saturated rings. The second-order valence-electron chi connectivity index (χ2n) is 13.6. The second-order valence-corrected chi connectivity index (χ2v) is 14.6. The predicted molar refractivity (Wildman–Crippen MR) is 190 cm³/mol. The Morgan fingerprint density at radius 3 is 2.02 bits per heavy atom. The maximum atomic E-state index is 11.7. The van der Waals surface area contributed by atoms with Crippen LogP contribution in [0.25, 0.3) is 44.8 Å². The Labute approximate surface area is 297 Å².